The largest absolute Gasteiger partial charge is 0.370 e. The predicted molar refractivity (Wildman–Crippen MR) is 94.2 cm³/mol. The van der Waals surface area contributed by atoms with Crippen LogP contribution in [0.4, 0.5) is 5.82 Å². The van der Waals surface area contributed by atoms with E-state index in [2.05, 4.69) is 20.6 Å². The summed E-state index contributed by atoms with van der Waals surface area (Å²) in [5.74, 6) is 0.685. The average Bonchev–Trinajstić information content (AvgIpc) is 2.97. The van der Waals surface area contributed by atoms with E-state index in [-0.39, 0.29) is 30.7 Å². The van der Waals surface area contributed by atoms with Crippen molar-refractivity contribution in [1.29, 1.82) is 0 Å². The van der Waals surface area contributed by atoms with E-state index in [0.717, 1.165) is 23.8 Å². The van der Waals surface area contributed by atoms with Crippen molar-refractivity contribution in [3.8, 4) is 0 Å². The van der Waals surface area contributed by atoms with E-state index in [1.807, 2.05) is 18.2 Å². The van der Waals surface area contributed by atoms with Crippen molar-refractivity contribution >= 4 is 47.9 Å². The fraction of sp³-hybridized carbons (Fsp3) is 0.308. The van der Waals surface area contributed by atoms with Crippen LogP contribution in [0.5, 0.6) is 0 Å². The molecule has 0 aliphatic carbocycles. The Kier molecular flexibility index (Phi) is 10.5. The van der Waals surface area contributed by atoms with Crippen LogP contribution in [0.2, 0.25) is 0 Å². The summed E-state index contributed by atoms with van der Waals surface area (Å²) < 4.78 is 0. The zero-order valence-electron chi connectivity index (χ0n) is 11.8. The molecule has 0 fully saturated rings. The zero-order valence-corrected chi connectivity index (χ0v) is 14.3. The van der Waals surface area contributed by atoms with E-state index in [9.17, 15) is 4.79 Å². The lowest BCUT2D eigenvalue weighted by Gasteiger charge is -2.05. The van der Waals surface area contributed by atoms with Gasteiger partial charge in [-0.25, -0.2) is 9.97 Å². The quantitative estimate of drug-likeness (QED) is 0.654. The number of rotatable bonds is 7. The number of aromatic nitrogens is 2. The van der Waals surface area contributed by atoms with Gasteiger partial charge in [0.1, 0.15) is 16.5 Å². The third kappa shape index (κ3) is 6.57. The molecule has 0 radical (unpaired) electrons. The van der Waals surface area contributed by atoms with Crippen LogP contribution in [-0.2, 0) is 6.54 Å². The molecule has 22 heavy (non-hydrogen) atoms. The maximum atomic E-state index is 11.8. The second kappa shape index (κ2) is 11.2. The summed E-state index contributed by atoms with van der Waals surface area (Å²) in [5, 5.41) is 8.50. The van der Waals surface area contributed by atoms with Crippen LogP contribution in [0.15, 0.2) is 29.8 Å². The smallest absolute Gasteiger partial charge is 0.270 e. The molecular formula is C13H19Cl2N5OS. The predicted octanol–water partition coefficient (Wildman–Crippen LogP) is 2.07. The first-order valence-corrected chi connectivity index (χ1v) is 7.25. The van der Waals surface area contributed by atoms with Crippen LogP contribution < -0.4 is 16.4 Å². The Hall–Kier alpha value is -1.41. The topological polar surface area (TPSA) is 92.9 Å². The van der Waals surface area contributed by atoms with Gasteiger partial charge in [0.25, 0.3) is 5.91 Å². The molecule has 0 spiro atoms. The Bertz CT molecular complexity index is 552. The number of nitrogens with one attached hydrogen (secondary N) is 2. The molecule has 0 aliphatic heterocycles. The molecule has 122 valence electrons. The van der Waals surface area contributed by atoms with E-state index in [1.165, 1.54) is 11.3 Å². The summed E-state index contributed by atoms with van der Waals surface area (Å²) in [5.41, 5.74) is 5.90. The molecule has 0 bridgehead atoms. The number of nitrogens with two attached hydrogens (primary N) is 1. The van der Waals surface area contributed by atoms with Crippen molar-refractivity contribution in [3.05, 3.63) is 40.5 Å². The molecule has 0 saturated carbocycles. The second-order valence-electron chi connectivity index (χ2n) is 4.08. The SMILES string of the molecule is Cl.Cl.NCc1nc(C(=O)NCCCNc2ccccn2)cs1. The van der Waals surface area contributed by atoms with Gasteiger partial charge in [-0.3, -0.25) is 4.79 Å². The van der Waals surface area contributed by atoms with Crippen LogP contribution >= 0.6 is 36.2 Å². The summed E-state index contributed by atoms with van der Waals surface area (Å²) in [6, 6.07) is 5.70. The Labute approximate surface area is 145 Å². The highest BCUT2D eigenvalue weighted by molar-refractivity contribution is 7.09. The summed E-state index contributed by atoms with van der Waals surface area (Å²) in [6.07, 6.45) is 2.55. The third-order valence-electron chi connectivity index (χ3n) is 2.57. The number of halogens is 2. The lowest BCUT2D eigenvalue weighted by molar-refractivity contribution is 0.0949. The van der Waals surface area contributed by atoms with Gasteiger partial charge in [-0.15, -0.1) is 36.2 Å². The summed E-state index contributed by atoms with van der Waals surface area (Å²) in [6.45, 7) is 1.71. The van der Waals surface area contributed by atoms with Gasteiger partial charge in [-0.2, -0.15) is 0 Å². The molecule has 2 rings (SSSR count). The number of amides is 1. The summed E-state index contributed by atoms with van der Waals surface area (Å²) in [7, 11) is 0. The van der Waals surface area contributed by atoms with Gasteiger partial charge in [0, 0.05) is 31.2 Å². The van der Waals surface area contributed by atoms with Crippen molar-refractivity contribution in [1.82, 2.24) is 15.3 Å². The first-order valence-electron chi connectivity index (χ1n) is 6.37. The van der Waals surface area contributed by atoms with E-state index in [4.69, 9.17) is 5.73 Å². The second-order valence-corrected chi connectivity index (χ2v) is 5.02. The van der Waals surface area contributed by atoms with Crippen LogP contribution in [0.3, 0.4) is 0 Å². The van der Waals surface area contributed by atoms with E-state index < -0.39 is 0 Å². The number of hydrogen-bond donors (Lipinski definition) is 3. The highest BCUT2D eigenvalue weighted by Gasteiger charge is 2.08. The standard InChI is InChI=1S/C13H17N5OS.2ClH/c14-8-12-18-10(9-20-12)13(19)17-7-3-6-16-11-4-1-2-5-15-11;;/h1-2,4-5,9H,3,6-8,14H2,(H,15,16)(H,17,19);2*1H. The molecular weight excluding hydrogens is 345 g/mol. The van der Waals surface area contributed by atoms with Crippen molar-refractivity contribution in [2.24, 2.45) is 5.73 Å². The van der Waals surface area contributed by atoms with Crippen molar-refractivity contribution in [3.63, 3.8) is 0 Å². The number of anilines is 1. The minimum atomic E-state index is -0.154. The van der Waals surface area contributed by atoms with Gasteiger partial charge in [-0.05, 0) is 18.6 Å². The third-order valence-corrected chi connectivity index (χ3v) is 3.44. The average molecular weight is 364 g/mol. The van der Waals surface area contributed by atoms with Crippen molar-refractivity contribution in [2.75, 3.05) is 18.4 Å². The molecule has 0 aliphatic rings. The number of hydrogen-bond acceptors (Lipinski definition) is 6. The lowest BCUT2D eigenvalue weighted by atomic mass is 10.3. The maximum absolute atomic E-state index is 11.8. The molecule has 0 unspecified atom stereocenters. The van der Waals surface area contributed by atoms with Gasteiger partial charge >= 0.3 is 0 Å². The van der Waals surface area contributed by atoms with E-state index in [0.29, 0.717) is 18.8 Å². The molecule has 2 aromatic rings. The number of carbonyl (C=O) groups is 1. The molecule has 6 nitrogen and oxygen atoms in total. The van der Waals surface area contributed by atoms with Gasteiger partial charge in [0.2, 0.25) is 0 Å². The highest BCUT2D eigenvalue weighted by Crippen LogP contribution is 2.08. The fourth-order valence-electron chi connectivity index (χ4n) is 1.57. The normalized spacial score (nSPS) is 9.32. The molecule has 0 aromatic carbocycles. The number of thiazole rings is 1. The molecule has 0 saturated heterocycles. The van der Waals surface area contributed by atoms with E-state index in [1.54, 1.807) is 11.6 Å². The van der Waals surface area contributed by atoms with Crippen molar-refractivity contribution < 1.29 is 4.79 Å². The Morgan fingerprint density at radius 1 is 1.27 bits per heavy atom. The van der Waals surface area contributed by atoms with Gasteiger partial charge < -0.3 is 16.4 Å². The molecule has 0 atom stereocenters. The van der Waals surface area contributed by atoms with Crippen LogP contribution in [-0.4, -0.2) is 29.0 Å². The number of pyridine rings is 1. The maximum Gasteiger partial charge on any atom is 0.270 e. The number of nitrogens with zero attached hydrogens (tertiary/aromatic N) is 2. The lowest BCUT2D eigenvalue weighted by Crippen LogP contribution is -2.26. The van der Waals surface area contributed by atoms with Gasteiger partial charge in [-0.1, -0.05) is 6.07 Å². The first kappa shape index (κ1) is 20.6. The Morgan fingerprint density at radius 3 is 2.73 bits per heavy atom. The zero-order chi connectivity index (χ0) is 14.2. The number of carbonyl (C=O) groups excluding carboxylic acids is 1. The van der Waals surface area contributed by atoms with Gasteiger partial charge in [0.05, 0.1) is 0 Å². The molecule has 2 aromatic heterocycles. The minimum Gasteiger partial charge on any atom is -0.370 e. The Morgan fingerprint density at radius 2 is 2.09 bits per heavy atom. The molecule has 2 heterocycles. The van der Waals surface area contributed by atoms with Crippen LogP contribution in [0.25, 0.3) is 0 Å². The molecule has 1 amide bonds. The summed E-state index contributed by atoms with van der Waals surface area (Å²) in [4.78, 5) is 20.0. The van der Waals surface area contributed by atoms with Crippen LogP contribution in [0.1, 0.15) is 21.9 Å². The van der Waals surface area contributed by atoms with Gasteiger partial charge in [0.15, 0.2) is 0 Å². The molecule has 4 N–H and O–H groups in total. The fourth-order valence-corrected chi connectivity index (χ4v) is 2.23. The Balaban J connectivity index is 0.00000220. The first-order chi connectivity index (χ1) is 9.79. The summed E-state index contributed by atoms with van der Waals surface area (Å²) >= 11 is 1.40. The van der Waals surface area contributed by atoms with Crippen molar-refractivity contribution in [2.45, 2.75) is 13.0 Å². The van der Waals surface area contributed by atoms with E-state index >= 15 is 0 Å². The highest BCUT2D eigenvalue weighted by atomic mass is 35.5. The molecule has 9 heteroatoms. The monoisotopic (exact) mass is 363 g/mol. The van der Waals surface area contributed by atoms with Crippen LogP contribution in [0, 0.1) is 0 Å². The minimum absolute atomic E-state index is 0.